The van der Waals surface area contributed by atoms with Gasteiger partial charge >= 0.3 is 0 Å². The normalized spacial score (nSPS) is 15.1. The number of anilines is 1. The van der Waals surface area contributed by atoms with Crippen molar-refractivity contribution in [3.8, 4) is 17.2 Å². The summed E-state index contributed by atoms with van der Waals surface area (Å²) in [7, 11) is 0. The summed E-state index contributed by atoms with van der Waals surface area (Å²) in [5.74, 6) is 0.292. The Morgan fingerprint density at radius 1 is 1.26 bits per heavy atom. The van der Waals surface area contributed by atoms with Crippen LogP contribution < -0.4 is 5.32 Å². The number of halogens is 1. The van der Waals surface area contributed by atoms with Crippen molar-refractivity contribution in [2.24, 2.45) is 5.92 Å². The molecule has 0 atom stereocenters. The molecule has 1 fully saturated rings. The fraction of sp³-hybridized carbons (Fsp3) is 0.333. The summed E-state index contributed by atoms with van der Waals surface area (Å²) >= 11 is 0. The first-order valence-corrected chi connectivity index (χ1v) is 7.74. The van der Waals surface area contributed by atoms with Crippen molar-refractivity contribution in [3.05, 3.63) is 48.0 Å². The van der Waals surface area contributed by atoms with Gasteiger partial charge in [0.2, 0.25) is 0 Å². The fourth-order valence-electron chi connectivity index (χ4n) is 2.73. The topological polar surface area (TPSA) is 57.9 Å². The Bertz CT molecular complexity index is 703. The first kappa shape index (κ1) is 15.4. The molecular weight excluding hydrogens is 293 g/mol. The van der Waals surface area contributed by atoms with Crippen molar-refractivity contribution in [1.82, 2.24) is 4.98 Å². The third-order valence-electron chi connectivity index (χ3n) is 4.10. The third-order valence-corrected chi connectivity index (χ3v) is 4.10. The molecule has 5 heteroatoms. The molecule has 1 N–H and O–H groups in total. The second-order valence-electron chi connectivity index (χ2n) is 5.67. The van der Waals surface area contributed by atoms with Gasteiger partial charge in [-0.3, -0.25) is 0 Å². The molecule has 1 aromatic heterocycles. The molecule has 1 saturated heterocycles. The molecule has 3 rings (SSSR count). The Hall–Kier alpha value is -2.45. The van der Waals surface area contributed by atoms with Crippen molar-refractivity contribution in [2.75, 3.05) is 25.1 Å². The maximum atomic E-state index is 13.1. The van der Waals surface area contributed by atoms with E-state index in [-0.39, 0.29) is 5.82 Å². The van der Waals surface area contributed by atoms with Gasteiger partial charge in [-0.05, 0) is 42.5 Å². The van der Waals surface area contributed by atoms with Crippen molar-refractivity contribution in [2.45, 2.75) is 12.8 Å². The van der Waals surface area contributed by atoms with Gasteiger partial charge in [-0.25, -0.2) is 9.37 Å². The number of nitriles is 1. The molecule has 23 heavy (non-hydrogen) atoms. The Balaban J connectivity index is 1.83. The van der Waals surface area contributed by atoms with Crippen LogP contribution in [0.2, 0.25) is 0 Å². The van der Waals surface area contributed by atoms with Crippen LogP contribution >= 0.6 is 0 Å². The number of pyridine rings is 1. The van der Waals surface area contributed by atoms with E-state index in [9.17, 15) is 4.39 Å². The molecule has 4 nitrogen and oxygen atoms in total. The van der Waals surface area contributed by atoms with E-state index in [2.05, 4.69) is 16.4 Å². The second kappa shape index (κ2) is 7.21. The van der Waals surface area contributed by atoms with Gasteiger partial charge in [0.15, 0.2) is 0 Å². The van der Waals surface area contributed by atoms with Crippen molar-refractivity contribution < 1.29 is 9.13 Å². The maximum Gasteiger partial charge on any atom is 0.141 e. The van der Waals surface area contributed by atoms with E-state index >= 15 is 0 Å². The number of nitrogens with one attached hydrogen (secondary N) is 1. The average molecular weight is 311 g/mol. The quantitative estimate of drug-likeness (QED) is 0.937. The molecule has 2 aromatic rings. The molecular formula is C18H18FN3O. The van der Waals surface area contributed by atoms with E-state index in [1.54, 1.807) is 24.4 Å². The van der Waals surface area contributed by atoms with E-state index in [0.717, 1.165) is 49.4 Å². The van der Waals surface area contributed by atoms with Gasteiger partial charge < -0.3 is 10.1 Å². The third kappa shape index (κ3) is 3.85. The SMILES string of the molecule is N#Cc1cc(-c2ccc(F)cc2)c(NCC2CCOCC2)cn1. The number of hydrogen-bond donors (Lipinski definition) is 1. The molecule has 0 spiro atoms. The molecule has 0 saturated carbocycles. The Kier molecular flexibility index (Phi) is 4.84. The largest absolute Gasteiger partial charge is 0.383 e. The highest BCUT2D eigenvalue weighted by atomic mass is 19.1. The number of ether oxygens (including phenoxy) is 1. The molecule has 1 aliphatic heterocycles. The number of aromatic nitrogens is 1. The van der Waals surface area contributed by atoms with Crippen molar-refractivity contribution >= 4 is 5.69 Å². The van der Waals surface area contributed by atoms with Crippen LogP contribution in [-0.2, 0) is 4.74 Å². The van der Waals surface area contributed by atoms with Gasteiger partial charge in [-0.15, -0.1) is 0 Å². The summed E-state index contributed by atoms with van der Waals surface area (Å²) in [4.78, 5) is 4.14. The highest BCUT2D eigenvalue weighted by Gasteiger charge is 2.15. The molecule has 2 heterocycles. The zero-order chi connectivity index (χ0) is 16.1. The van der Waals surface area contributed by atoms with Crippen LogP contribution in [0.15, 0.2) is 36.5 Å². The molecule has 0 aliphatic carbocycles. The zero-order valence-electron chi connectivity index (χ0n) is 12.8. The first-order chi connectivity index (χ1) is 11.3. The monoisotopic (exact) mass is 311 g/mol. The van der Waals surface area contributed by atoms with E-state index in [0.29, 0.717) is 11.6 Å². The summed E-state index contributed by atoms with van der Waals surface area (Å²) in [5.41, 5.74) is 2.94. The van der Waals surface area contributed by atoms with Crippen molar-refractivity contribution in [1.29, 1.82) is 5.26 Å². The lowest BCUT2D eigenvalue weighted by Gasteiger charge is -2.23. The molecule has 0 radical (unpaired) electrons. The van der Waals surface area contributed by atoms with Gasteiger partial charge in [0.25, 0.3) is 0 Å². The van der Waals surface area contributed by atoms with Crippen LogP contribution in [0.3, 0.4) is 0 Å². The first-order valence-electron chi connectivity index (χ1n) is 7.74. The lowest BCUT2D eigenvalue weighted by atomic mass is 9.99. The number of rotatable bonds is 4. The highest BCUT2D eigenvalue weighted by Crippen LogP contribution is 2.29. The molecule has 0 bridgehead atoms. The predicted octanol–water partition coefficient (Wildman–Crippen LogP) is 3.60. The molecule has 1 aliphatic rings. The van der Waals surface area contributed by atoms with Crippen LogP contribution in [0.5, 0.6) is 0 Å². The van der Waals surface area contributed by atoms with Gasteiger partial charge in [-0.1, -0.05) is 12.1 Å². The second-order valence-corrected chi connectivity index (χ2v) is 5.67. The lowest BCUT2D eigenvalue weighted by molar-refractivity contribution is 0.0699. The van der Waals surface area contributed by atoms with Crippen molar-refractivity contribution in [3.63, 3.8) is 0 Å². The van der Waals surface area contributed by atoms with Crippen LogP contribution in [0, 0.1) is 23.1 Å². The van der Waals surface area contributed by atoms with Crippen LogP contribution in [-0.4, -0.2) is 24.7 Å². The minimum absolute atomic E-state index is 0.278. The number of benzene rings is 1. The minimum atomic E-state index is -0.278. The molecule has 0 amide bonds. The predicted molar refractivity (Wildman–Crippen MR) is 86.4 cm³/mol. The van der Waals surface area contributed by atoms with E-state index in [1.165, 1.54) is 12.1 Å². The molecule has 1 aromatic carbocycles. The molecule has 118 valence electrons. The summed E-state index contributed by atoms with van der Waals surface area (Å²) in [6.07, 6.45) is 3.77. The van der Waals surface area contributed by atoms with Crippen LogP contribution in [0.25, 0.3) is 11.1 Å². The zero-order valence-corrected chi connectivity index (χ0v) is 12.8. The summed E-state index contributed by atoms with van der Waals surface area (Å²) in [6, 6.07) is 10.1. The summed E-state index contributed by atoms with van der Waals surface area (Å²) < 4.78 is 18.5. The maximum absolute atomic E-state index is 13.1. The van der Waals surface area contributed by atoms with Gasteiger partial charge in [0.05, 0.1) is 11.9 Å². The number of hydrogen-bond acceptors (Lipinski definition) is 4. The number of nitrogens with zero attached hydrogens (tertiary/aromatic N) is 2. The summed E-state index contributed by atoms with van der Waals surface area (Å²) in [6.45, 7) is 2.46. The molecule has 0 unspecified atom stereocenters. The standard InChI is InChI=1S/C18H18FN3O/c19-15-3-1-14(2-4-15)17-9-16(10-20)21-12-18(17)22-11-13-5-7-23-8-6-13/h1-4,9,12-13,22H,5-8,11H2. The Morgan fingerprint density at radius 3 is 2.70 bits per heavy atom. The minimum Gasteiger partial charge on any atom is -0.383 e. The van der Waals surface area contributed by atoms with E-state index < -0.39 is 0 Å². The van der Waals surface area contributed by atoms with E-state index in [1.807, 2.05) is 0 Å². The van der Waals surface area contributed by atoms with Gasteiger partial charge in [-0.2, -0.15) is 5.26 Å². The van der Waals surface area contributed by atoms with Gasteiger partial charge in [0.1, 0.15) is 17.6 Å². The smallest absolute Gasteiger partial charge is 0.141 e. The summed E-state index contributed by atoms with van der Waals surface area (Å²) in [5, 5.41) is 12.5. The highest BCUT2D eigenvalue weighted by molar-refractivity contribution is 5.78. The Labute approximate surface area is 134 Å². The van der Waals surface area contributed by atoms with Gasteiger partial charge in [0, 0.05) is 25.3 Å². The van der Waals surface area contributed by atoms with Crippen LogP contribution in [0.1, 0.15) is 18.5 Å². The van der Waals surface area contributed by atoms with Crippen LogP contribution in [0.4, 0.5) is 10.1 Å². The Morgan fingerprint density at radius 2 is 2.00 bits per heavy atom. The van der Waals surface area contributed by atoms with E-state index in [4.69, 9.17) is 10.00 Å². The fourth-order valence-corrected chi connectivity index (χ4v) is 2.73. The average Bonchev–Trinajstić information content (AvgIpc) is 2.61. The lowest BCUT2D eigenvalue weighted by Crippen LogP contribution is -2.22.